The number of carbonyl (C=O) groups is 1. The van der Waals surface area contributed by atoms with E-state index in [9.17, 15) is 61.0 Å². The van der Waals surface area contributed by atoms with Crippen molar-refractivity contribution in [3.8, 4) is 0 Å². The van der Waals surface area contributed by atoms with Crippen LogP contribution in [0.5, 0.6) is 0 Å². The molecule has 0 radical (unpaired) electrons. The summed E-state index contributed by atoms with van der Waals surface area (Å²) in [6, 6.07) is -0.999. The minimum atomic E-state index is -1.98. The van der Waals surface area contributed by atoms with Crippen LogP contribution >= 0.6 is 0 Å². The van der Waals surface area contributed by atoms with Crippen molar-refractivity contribution in [2.24, 2.45) is 0 Å². The van der Waals surface area contributed by atoms with Gasteiger partial charge in [0, 0.05) is 6.42 Å². The first-order valence-corrected chi connectivity index (χ1v) is 44.2. The topological polar surface area (TPSA) is 307 Å². The Hall–Kier alpha value is -2.77. The fourth-order valence-electron chi connectivity index (χ4n) is 14.6. The van der Waals surface area contributed by atoms with Crippen molar-refractivity contribution in [2.75, 3.05) is 26.4 Å². The summed E-state index contributed by atoms with van der Waals surface area (Å²) in [5, 5.41) is 121. The Morgan fingerprint density at radius 2 is 0.620 bits per heavy atom. The summed E-state index contributed by atoms with van der Waals surface area (Å²) in [6.45, 7) is 1.74. The van der Waals surface area contributed by atoms with Crippen molar-refractivity contribution >= 4 is 5.91 Å². The lowest BCUT2D eigenvalue weighted by molar-refractivity contribution is -0.379. The summed E-state index contributed by atoms with van der Waals surface area (Å²) < 4.78 is 34.5. The van der Waals surface area contributed by atoms with Crippen molar-refractivity contribution in [1.82, 2.24) is 5.32 Å². The van der Waals surface area contributed by atoms with Crippen LogP contribution in [-0.4, -0.2) is 193 Å². The highest BCUT2D eigenvalue weighted by atomic mass is 16.8. The van der Waals surface area contributed by atoms with E-state index in [2.05, 4.69) is 79.9 Å². The van der Waals surface area contributed by atoms with Gasteiger partial charge in [-0.1, -0.05) is 337 Å². The molecule has 3 rings (SSSR count). The predicted octanol–water partition coefficient (Wildman–Crippen LogP) is 16.3. The van der Waals surface area contributed by atoms with Crippen LogP contribution in [0.4, 0.5) is 0 Å². The standard InChI is InChI=1S/C89H161NO18/c1-3-5-7-9-11-13-15-17-19-21-23-25-27-28-29-30-31-32-33-34-35-36-37-38-39-40-41-42-43-44-45-47-49-51-53-55-57-59-61-63-65-67-77(95)90-72(73(94)66-64-62-60-58-56-54-52-50-48-46-26-24-22-20-18-16-14-12-10-8-6-4-2)71-103-87-83(101)80(98)85(75(69-92)105-87)108-89-84(102)81(99)86(76(70-93)106-89)107-88-82(100)79(97)78(96)74(68-91)104-88/h15,17,21,23,27-28,48,50,56,58,64,66,72-76,78-89,91-94,96-102H,3-14,16,18-20,22,24-26,29-47,49,51-55,57,59-63,65,67-71H2,1-2H3,(H,90,95)/b17-15-,23-21-,28-27-,50-48+,58-56+,66-64+. The third-order valence-corrected chi connectivity index (χ3v) is 21.7. The number of amides is 1. The van der Waals surface area contributed by atoms with Crippen LogP contribution in [0.15, 0.2) is 72.9 Å². The maximum atomic E-state index is 13.5. The summed E-state index contributed by atoms with van der Waals surface area (Å²) in [4.78, 5) is 13.5. The molecular weight excluding hydrogens is 1370 g/mol. The van der Waals surface area contributed by atoms with Gasteiger partial charge in [0.15, 0.2) is 18.9 Å². The highest BCUT2D eigenvalue weighted by Gasteiger charge is 2.54. The van der Waals surface area contributed by atoms with Gasteiger partial charge >= 0.3 is 0 Å². The molecule has 19 nitrogen and oxygen atoms in total. The smallest absolute Gasteiger partial charge is 0.220 e. The Morgan fingerprint density at radius 3 is 0.991 bits per heavy atom. The van der Waals surface area contributed by atoms with Gasteiger partial charge < -0.3 is 89.9 Å². The van der Waals surface area contributed by atoms with E-state index in [4.69, 9.17) is 28.4 Å². The number of unbranched alkanes of at least 4 members (excludes halogenated alkanes) is 45. The van der Waals surface area contributed by atoms with E-state index in [-0.39, 0.29) is 18.9 Å². The third-order valence-electron chi connectivity index (χ3n) is 21.7. The molecule has 3 fully saturated rings. The van der Waals surface area contributed by atoms with Crippen LogP contribution < -0.4 is 5.32 Å². The SMILES string of the molecule is CCCCCCC/C=C\C/C=C\C/C=C\CCCCCCCCCCCCCCCCCCCCCCCCCCCCC(=O)NC(COC1OC(CO)C(OC2OC(CO)C(OC3OC(CO)C(O)C(O)C3O)C(O)C2O)C(O)C1O)C(O)/C=C/CC/C=C/CC/C=C/CCCCCCCCCCCCCC. The number of aliphatic hydroxyl groups is 11. The number of allylic oxidation sites excluding steroid dienone is 11. The quantitative estimate of drug-likeness (QED) is 0.0199. The van der Waals surface area contributed by atoms with Gasteiger partial charge in [0.2, 0.25) is 5.91 Å². The number of nitrogens with one attached hydrogen (secondary N) is 1. The first kappa shape index (κ1) is 99.4. The molecule has 12 N–H and O–H groups in total. The average molecular weight is 1530 g/mol. The van der Waals surface area contributed by atoms with E-state index < -0.39 is 124 Å². The number of ether oxygens (including phenoxy) is 6. The Balaban J connectivity index is 1.30. The van der Waals surface area contributed by atoms with Crippen molar-refractivity contribution in [1.29, 1.82) is 0 Å². The Labute approximate surface area is 655 Å². The molecule has 0 bridgehead atoms. The number of carbonyl (C=O) groups excluding carboxylic acids is 1. The largest absolute Gasteiger partial charge is 0.394 e. The second kappa shape index (κ2) is 68.6. The van der Waals surface area contributed by atoms with Gasteiger partial charge in [-0.3, -0.25) is 4.79 Å². The van der Waals surface area contributed by atoms with Crippen molar-refractivity contribution in [2.45, 2.75) is 458 Å². The van der Waals surface area contributed by atoms with E-state index in [1.165, 1.54) is 263 Å². The third kappa shape index (κ3) is 47.2. The minimum Gasteiger partial charge on any atom is -0.394 e. The molecule has 0 aromatic rings. The fourth-order valence-corrected chi connectivity index (χ4v) is 14.6. The summed E-state index contributed by atoms with van der Waals surface area (Å²) >= 11 is 0. The van der Waals surface area contributed by atoms with E-state index in [1.807, 2.05) is 6.08 Å². The van der Waals surface area contributed by atoms with Crippen LogP contribution in [0.2, 0.25) is 0 Å². The normalized spacial score (nSPS) is 25.7. The van der Waals surface area contributed by atoms with Crippen LogP contribution in [0.25, 0.3) is 0 Å². The molecule has 3 heterocycles. The molecule has 0 spiro atoms. The molecule has 17 unspecified atom stereocenters. The molecule has 108 heavy (non-hydrogen) atoms. The Kier molecular flexibility index (Phi) is 63.2. The summed E-state index contributed by atoms with van der Waals surface area (Å²) in [5.74, 6) is -0.284. The van der Waals surface area contributed by atoms with Gasteiger partial charge in [-0.25, -0.2) is 0 Å². The molecule has 19 heteroatoms. The first-order valence-electron chi connectivity index (χ1n) is 44.2. The van der Waals surface area contributed by atoms with Gasteiger partial charge in [0.1, 0.15) is 73.2 Å². The molecule has 630 valence electrons. The van der Waals surface area contributed by atoms with Crippen LogP contribution in [0, 0.1) is 0 Å². The van der Waals surface area contributed by atoms with E-state index in [0.717, 1.165) is 57.8 Å². The second-order valence-corrected chi connectivity index (χ2v) is 31.3. The molecule has 0 aromatic carbocycles. The van der Waals surface area contributed by atoms with Crippen molar-refractivity contribution in [3.63, 3.8) is 0 Å². The van der Waals surface area contributed by atoms with Gasteiger partial charge in [-0.2, -0.15) is 0 Å². The minimum absolute atomic E-state index is 0.234. The van der Waals surface area contributed by atoms with Crippen LogP contribution in [-0.2, 0) is 33.2 Å². The second-order valence-electron chi connectivity index (χ2n) is 31.3. The van der Waals surface area contributed by atoms with Gasteiger partial charge in [-0.15, -0.1) is 0 Å². The summed E-state index contributed by atoms with van der Waals surface area (Å²) in [5.41, 5.74) is 0. The number of aliphatic hydroxyl groups excluding tert-OH is 11. The van der Waals surface area contributed by atoms with Gasteiger partial charge in [0.25, 0.3) is 0 Å². The molecular formula is C89H161NO18. The molecule has 0 aromatic heterocycles. The lowest BCUT2D eigenvalue weighted by Crippen LogP contribution is -2.66. The molecule has 3 aliphatic heterocycles. The van der Waals surface area contributed by atoms with E-state index in [1.54, 1.807) is 6.08 Å². The molecule has 3 saturated heterocycles. The summed E-state index contributed by atoms with van der Waals surface area (Å²) in [7, 11) is 0. The van der Waals surface area contributed by atoms with E-state index >= 15 is 0 Å². The zero-order valence-electron chi connectivity index (χ0n) is 67.8. The van der Waals surface area contributed by atoms with Crippen molar-refractivity contribution < 1.29 is 89.4 Å². The van der Waals surface area contributed by atoms with Crippen LogP contribution in [0.3, 0.4) is 0 Å². The maximum Gasteiger partial charge on any atom is 0.220 e. The Bertz CT molecular complexity index is 2230. The lowest BCUT2D eigenvalue weighted by atomic mass is 9.96. The summed E-state index contributed by atoms with van der Waals surface area (Å²) in [6.07, 6.45) is 64.9. The highest BCUT2D eigenvalue weighted by molar-refractivity contribution is 5.76. The monoisotopic (exact) mass is 1530 g/mol. The Morgan fingerprint density at radius 1 is 0.333 bits per heavy atom. The average Bonchev–Trinajstić information content (AvgIpc) is 0.787. The molecule has 0 saturated carbocycles. The number of hydrogen-bond donors (Lipinski definition) is 12. The van der Waals surface area contributed by atoms with Gasteiger partial charge in [0.05, 0.1) is 38.6 Å². The van der Waals surface area contributed by atoms with Crippen molar-refractivity contribution in [3.05, 3.63) is 72.9 Å². The zero-order valence-corrected chi connectivity index (χ0v) is 67.8. The first-order chi connectivity index (χ1) is 52.8. The van der Waals surface area contributed by atoms with Crippen LogP contribution in [0.1, 0.15) is 354 Å². The molecule has 17 atom stereocenters. The highest BCUT2D eigenvalue weighted by Crippen LogP contribution is 2.33. The van der Waals surface area contributed by atoms with Gasteiger partial charge in [-0.05, 0) is 83.5 Å². The molecule has 3 aliphatic rings. The molecule has 1 amide bonds. The fraction of sp³-hybridized carbons (Fsp3) is 0.854. The zero-order chi connectivity index (χ0) is 78.1. The number of rotatable bonds is 71. The number of hydrogen-bond acceptors (Lipinski definition) is 18. The lowest BCUT2D eigenvalue weighted by Gasteiger charge is -2.48. The van der Waals surface area contributed by atoms with E-state index in [0.29, 0.717) is 12.8 Å². The predicted molar refractivity (Wildman–Crippen MR) is 434 cm³/mol. The maximum absolute atomic E-state index is 13.5. The molecule has 0 aliphatic carbocycles.